The van der Waals surface area contributed by atoms with Crippen LogP contribution in [0.4, 0.5) is 0 Å². The van der Waals surface area contributed by atoms with E-state index in [0.717, 1.165) is 17.9 Å². The molecule has 2 nitrogen and oxygen atoms in total. The second-order valence-corrected chi connectivity index (χ2v) is 8.60. The maximum Gasteiger partial charge on any atom is 0.0124 e. The first kappa shape index (κ1) is 15.8. The van der Waals surface area contributed by atoms with Crippen LogP contribution in [0.25, 0.3) is 0 Å². The molecule has 3 rings (SSSR count). The average Bonchev–Trinajstić information content (AvgIpc) is 3.08. The van der Waals surface area contributed by atoms with Gasteiger partial charge < -0.3 is 5.32 Å². The van der Waals surface area contributed by atoms with Crippen molar-refractivity contribution in [3.05, 3.63) is 0 Å². The fourth-order valence-electron chi connectivity index (χ4n) is 5.33. The molecule has 3 fully saturated rings. The predicted molar refractivity (Wildman–Crippen MR) is 90.5 cm³/mol. The van der Waals surface area contributed by atoms with Gasteiger partial charge in [-0.3, -0.25) is 4.90 Å². The van der Waals surface area contributed by atoms with Gasteiger partial charge in [0.25, 0.3) is 0 Å². The molecule has 0 spiro atoms. The number of hydrogen-bond acceptors (Lipinski definition) is 2. The van der Waals surface area contributed by atoms with Gasteiger partial charge in [-0.15, -0.1) is 0 Å². The van der Waals surface area contributed by atoms with Crippen molar-refractivity contribution in [2.75, 3.05) is 26.2 Å². The van der Waals surface area contributed by atoms with Crippen molar-refractivity contribution in [2.24, 2.45) is 17.3 Å². The normalized spacial score (nSPS) is 32.7. The molecule has 1 heterocycles. The maximum atomic E-state index is 3.79. The van der Waals surface area contributed by atoms with Gasteiger partial charge in [-0.1, -0.05) is 33.1 Å². The number of hydrogen-bond donors (Lipinski definition) is 1. The Bertz CT molecular complexity index is 320. The quantitative estimate of drug-likeness (QED) is 0.794. The number of fused-ring (bicyclic) bond motifs is 1. The number of likely N-dealkylation sites (tertiary alicyclic amines) is 1. The smallest absolute Gasteiger partial charge is 0.0124 e. The summed E-state index contributed by atoms with van der Waals surface area (Å²) in [6, 6.07) is 0.946. The summed E-state index contributed by atoms with van der Waals surface area (Å²) in [6.45, 7) is 9.86. The monoisotopic (exact) mass is 292 g/mol. The van der Waals surface area contributed by atoms with Crippen LogP contribution in [0, 0.1) is 17.3 Å². The van der Waals surface area contributed by atoms with E-state index in [0.29, 0.717) is 5.41 Å². The Labute approximate surface area is 132 Å². The molecule has 0 bridgehead atoms. The predicted octanol–water partition coefficient (Wildman–Crippen LogP) is 4.06. The number of nitrogens with zero attached hydrogens (tertiary/aromatic N) is 1. The lowest BCUT2D eigenvalue weighted by Crippen LogP contribution is -2.50. The highest BCUT2D eigenvalue weighted by molar-refractivity contribution is 4.95. The van der Waals surface area contributed by atoms with Crippen molar-refractivity contribution in [2.45, 2.75) is 77.7 Å². The van der Waals surface area contributed by atoms with Crippen LogP contribution < -0.4 is 5.32 Å². The van der Waals surface area contributed by atoms with Gasteiger partial charge in [0, 0.05) is 19.1 Å². The van der Waals surface area contributed by atoms with Crippen molar-refractivity contribution >= 4 is 0 Å². The van der Waals surface area contributed by atoms with E-state index >= 15 is 0 Å². The van der Waals surface area contributed by atoms with E-state index in [1.54, 1.807) is 0 Å². The minimum absolute atomic E-state index is 0.597. The topological polar surface area (TPSA) is 15.3 Å². The molecule has 0 aromatic carbocycles. The highest BCUT2D eigenvalue weighted by atomic mass is 15.2. The standard InChI is InChI=1S/C19H36N2/c1-16(2)13-20-14-19(10-3-4-11-19)15-21-12-6-8-17-7-5-9-18(17)21/h16-18,20H,3-15H2,1-2H3. The van der Waals surface area contributed by atoms with Crippen LogP contribution >= 0.6 is 0 Å². The molecular weight excluding hydrogens is 256 g/mol. The van der Waals surface area contributed by atoms with Crippen molar-refractivity contribution < 1.29 is 0 Å². The number of piperidine rings is 1. The van der Waals surface area contributed by atoms with E-state index in [1.165, 1.54) is 84.0 Å². The zero-order chi connectivity index (χ0) is 14.7. The number of rotatable bonds is 6. The summed E-state index contributed by atoms with van der Waals surface area (Å²) in [6.07, 6.45) is 13.3. The Morgan fingerprint density at radius 2 is 1.81 bits per heavy atom. The van der Waals surface area contributed by atoms with Crippen molar-refractivity contribution in [3.63, 3.8) is 0 Å². The lowest BCUT2D eigenvalue weighted by molar-refractivity contribution is 0.0596. The Morgan fingerprint density at radius 1 is 1.05 bits per heavy atom. The minimum atomic E-state index is 0.597. The molecule has 2 aliphatic carbocycles. The van der Waals surface area contributed by atoms with Crippen molar-refractivity contribution in [3.8, 4) is 0 Å². The van der Waals surface area contributed by atoms with E-state index < -0.39 is 0 Å². The highest BCUT2D eigenvalue weighted by Gasteiger charge is 2.41. The lowest BCUT2D eigenvalue weighted by Gasteiger charge is -2.43. The molecule has 1 N–H and O–H groups in total. The fourth-order valence-corrected chi connectivity index (χ4v) is 5.33. The van der Waals surface area contributed by atoms with Crippen LogP contribution in [0.3, 0.4) is 0 Å². The Kier molecular flexibility index (Phi) is 5.27. The average molecular weight is 293 g/mol. The van der Waals surface area contributed by atoms with Gasteiger partial charge in [0.2, 0.25) is 0 Å². The third kappa shape index (κ3) is 3.82. The Balaban J connectivity index is 1.58. The maximum absolute atomic E-state index is 3.79. The molecule has 2 unspecified atom stereocenters. The van der Waals surface area contributed by atoms with E-state index in [2.05, 4.69) is 24.1 Å². The van der Waals surface area contributed by atoms with Crippen LogP contribution in [-0.4, -0.2) is 37.1 Å². The van der Waals surface area contributed by atoms with E-state index in [1.807, 2.05) is 0 Å². The zero-order valence-corrected chi connectivity index (χ0v) is 14.4. The Morgan fingerprint density at radius 3 is 2.57 bits per heavy atom. The van der Waals surface area contributed by atoms with Gasteiger partial charge in [-0.25, -0.2) is 0 Å². The molecule has 1 aliphatic heterocycles. The summed E-state index contributed by atoms with van der Waals surface area (Å²) >= 11 is 0. The summed E-state index contributed by atoms with van der Waals surface area (Å²) in [7, 11) is 0. The third-order valence-electron chi connectivity index (χ3n) is 6.36. The first-order chi connectivity index (χ1) is 10.2. The summed E-state index contributed by atoms with van der Waals surface area (Å²) in [5, 5.41) is 3.79. The summed E-state index contributed by atoms with van der Waals surface area (Å²) in [4.78, 5) is 2.92. The molecule has 0 aromatic rings. The molecule has 3 aliphatic rings. The summed E-state index contributed by atoms with van der Waals surface area (Å²) in [5.74, 6) is 1.82. The SMILES string of the molecule is CC(C)CNCC1(CN2CCCC3CCCC32)CCCC1. The van der Waals surface area contributed by atoms with Gasteiger partial charge in [0.15, 0.2) is 0 Å². The second-order valence-electron chi connectivity index (χ2n) is 8.60. The minimum Gasteiger partial charge on any atom is -0.316 e. The van der Waals surface area contributed by atoms with Crippen molar-refractivity contribution in [1.29, 1.82) is 0 Å². The first-order valence-corrected chi connectivity index (χ1v) is 9.63. The molecule has 122 valence electrons. The fraction of sp³-hybridized carbons (Fsp3) is 1.00. The summed E-state index contributed by atoms with van der Waals surface area (Å²) < 4.78 is 0. The lowest BCUT2D eigenvalue weighted by atomic mass is 9.82. The van der Waals surface area contributed by atoms with Crippen LogP contribution in [0.1, 0.15) is 71.6 Å². The van der Waals surface area contributed by atoms with Crippen LogP contribution in [0.15, 0.2) is 0 Å². The third-order valence-corrected chi connectivity index (χ3v) is 6.36. The molecule has 0 radical (unpaired) electrons. The molecule has 2 atom stereocenters. The largest absolute Gasteiger partial charge is 0.316 e. The number of nitrogens with one attached hydrogen (secondary N) is 1. The van der Waals surface area contributed by atoms with Gasteiger partial charge in [-0.05, 0) is 68.9 Å². The molecule has 2 heteroatoms. The zero-order valence-electron chi connectivity index (χ0n) is 14.4. The molecule has 2 saturated carbocycles. The van der Waals surface area contributed by atoms with E-state index in [4.69, 9.17) is 0 Å². The second kappa shape index (κ2) is 7.00. The highest BCUT2D eigenvalue weighted by Crippen LogP contribution is 2.43. The van der Waals surface area contributed by atoms with Crippen LogP contribution in [0.5, 0.6) is 0 Å². The van der Waals surface area contributed by atoms with Gasteiger partial charge in [-0.2, -0.15) is 0 Å². The van der Waals surface area contributed by atoms with Crippen LogP contribution in [-0.2, 0) is 0 Å². The molecule has 0 aromatic heterocycles. The van der Waals surface area contributed by atoms with E-state index in [-0.39, 0.29) is 0 Å². The molecule has 0 amide bonds. The summed E-state index contributed by atoms with van der Waals surface area (Å²) in [5.41, 5.74) is 0.597. The Hall–Kier alpha value is -0.0800. The molecule has 1 saturated heterocycles. The van der Waals surface area contributed by atoms with Gasteiger partial charge in [0.05, 0.1) is 0 Å². The molecular formula is C19H36N2. The van der Waals surface area contributed by atoms with Crippen LogP contribution in [0.2, 0.25) is 0 Å². The van der Waals surface area contributed by atoms with Gasteiger partial charge >= 0.3 is 0 Å². The van der Waals surface area contributed by atoms with E-state index in [9.17, 15) is 0 Å². The van der Waals surface area contributed by atoms with Gasteiger partial charge in [0.1, 0.15) is 0 Å². The molecule has 21 heavy (non-hydrogen) atoms. The van der Waals surface area contributed by atoms with Crippen molar-refractivity contribution in [1.82, 2.24) is 10.2 Å². The first-order valence-electron chi connectivity index (χ1n) is 9.63.